The Morgan fingerprint density at radius 2 is 1.86 bits per heavy atom. The summed E-state index contributed by atoms with van der Waals surface area (Å²) in [4.78, 5) is 54.3. The molecule has 0 aliphatic carbocycles. The molecule has 37 heavy (non-hydrogen) atoms. The Balaban J connectivity index is 1.80. The molecule has 0 spiro atoms. The van der Waals surface area contributed by atoms with E-state index in [0.29, 0.717) is 41.1 Å². The van der Waals surface area contributed by atoms with E-state index in [0.717, 1.165) is 6.42 Å². The van der Waals surface area contributed by atoms with E-state index in [1.54, 1.807) is 18.2 Å². The van der Waals surface area contributed by atoms with E-state index in [1.165, 1.54) is 14.2 Å². The topological polar surface area (TPSA) is 139 Å². The van der Waals surface area contributed by atoms with Crippen molar-refractivity contribution in [3.63, 3.8) is 0 Å². The third kappa shape index (κ3) is 7.38. The molecule has 2 aromatic rings. The zero-order valence-electron chi connectivity index (χ0n) is 21.8. The maximum absolute atomic E-state index is 13.4. The van der Waals surface area contributed by atoms with E-state index in [4.69, 9.17) is 21.1 Å². The number of hydrogen-bond donors (Lipinski definition) is 4. The second-order valence-electron chi connectivity index (χ2n) is 10.5. The van der Waals surface area contributed by atoms with Crippen molar-refractivity contribution in [3.8, 4) is 5.75 Å². The minimum absolute atomic E-state index is 0.114. The molecular weight excluding hydrogens is 500 g/mol. The predicted octanol–water partition coefficient (Wildman–Crippen LogP) is 2.94. The average Bonchev–Trinajstić information content (AvgIpc) is 3.28. The van der Waals surface area contributed by atoms with Crippen molar-refractivity contribution < 1.29 is 28.7 Å². The molecule has 1 aromatic carbocycles. The summed E-state index contributed by atoms with van der Waals surface area (Å²) in [6.07, 6.45) is 1.83. The quantitative estimate of drug-likeness (QED) is 0.365. The van der Waals surface area contributed by atoms with Gasteiger partial charge in [0.15, 0.2) is 0 Å². The Hall–Kier alpha value is -3.27. The van der Waals surface area contributed by atoms with E-state index in [9.17, 15) is 19.2 Å². The Kier molecular flexibility index (Phi) is 9.07. The van der Waals surface area contributed by atoms with Crippen molar-refractivity contribution in [1.82, 2.24) is 20.9 Å². The molecule has 3 rings (SSSR count). The van der Waals surface area contributed by atoms with Crippen LogP contribution in [-0.4, -0.2) is 61.5 Å². The van der Waals surface area contributed by atoms with Crippen LogP contribution < -0.4 is 20.7 Å². The Bertz CT molecular complexity index is 1170. The molecule has 202 valence electrons. The molecule has 11 heteroatoms. The molecule has 1 aliphatic rings. The van der Waals surface area contributed by atoms with Gasteiger partial charge in [0.05, 0.1) is 24.8 Å². The van der Waals surface area contributed by atoms with Crippen LogP contribution in [0.2, 0.25) is 5.02 Å². The highest BCUT2D eigenvalue weighted by atomic mass is 35.5. The number of amides is 3. The molecule has 1 aliphatic heterocycles. The van der Waals surface area contributed by atoms with Crippen LogP contribution in [0.1, 0.15) is 56.9 Å². The maximum atomic E-state index is 13.4. The van der Waals surface area contributed by atoms with Gasteiger partial charge in [-0.15, -0.1) is 0 Å². The number of benzene rings is 1. The van der Waals surface area contributed by atoms with E-state index >= 15 is 0 Å². The van der Waals surface area contributed by atoms with E-state index in [1.807, 2.05) is 20.8 Å². The molecule has 10 nitrogen and oxygen atoms in total. The van der Waals surface area contributed by atoms with Gasteiger partial charge in [-0.3, -0.25) is 14.4 Å². The van der Waals surface area contributed by atoms with Crippen molar-refractivity contribution >= 4 is 46.2 Å². The summed E-state index contributed by atoms with van der Waals surface area (Å²) in [6.45, 7) is 6.42. The summed E-state index contributed by atoms with van der Waals surface area (Å²) in [7, 11) is 2.75. The van der Waals surface area contributed by atoms with Crippen molar-refractivity contribution in [2.75, 3.05) is 20.8 Å². The van der Waals surface area contributed by atoms with Crippen molar-refractivity contribution in [1.29, 1.82) is 0 Å². The monoisotopic (exact) mass is 534 g/mol. The molecule has 3 amide bonds. The third-order valence-electron chi connectivity index (χ3n) is 6.29. The maximum Gasteiger partial charge on any atom is 0.328 e. The Morgan fingerprint density at radius 3 is 2.49 bits per heavy atom. The van der Waals surface area contributed by atoms with Gasteiger partial charge in [0.25, 0.3) is 5.91 Å². The highest BCUT2D eigenvalue weighted by Gasteiger charge is 2.34. The molecule has 0 radical (unpaired) electrons. The normalized spacial score (nSPS) is 17.5. The first-order chi connectivity index (χ1) is 17.4. The zero-order valence-corrected chi connectivity index (χ0v) is 22.6. The molecule has 0 saturated carbocycles. The smallest absolute Gasteiger partial charge is 0.328 e. The zero-order chi connectivity index (χ0) is 27.3. The molecule has 0 bridgehead atoms. The molecule has 3 atom stereocenters. The standard InChI is InChI=1S/C26H35ClN4O6/c1-26(2,3)13-20(24(34)30-19(25(35)37-5)10-14-7-6-8-28-22(14)32)31-23(33)18-11-15-9-16(36-4)12-17(27)21(15)29-18/h9,11-12,14,19-20,29H,6-8,10,13H2,1-5H3,(H,28,32)(H,30,34)(H,31,33)/t14-,19?,20?/m0/s1. The number of H-pyrrole nitrogens is 1. The van der Waals surface area contributed by atoms with Crippen LogP contribution in [0.3, 0.4) is 0 Å². The number of carbonyl (C=O) groups excluding carboxylic acids is 4. The fraction of sp³-hybridized carbons (Fsp3) is 0.538. The van der Waals surface area contributed by atoms with Crippen LogP contribution in [0.25, 0.3) is 10.9 Å². The SMILES string of the molecule is COC(=O)C(C[C@@H]1CCCNC1=O)NC(=O)C(CC(C)(C)C)NC(=O)c1cc2cc(OC)cc(Cl)c2[nH]1. The summed E-state index contributed by atoms with van der Waals surface area (Å²) in [5.41, 5.74) is 0.470. The number of nitrogens with one attached hydrogen (secondary N) is 4. The van der Waals surface area contributed by atoms with Crippen molar-refractivity contribution in [2.24, 2.45) is 11.3 Å². The number of hydrogen-bond acceptors (Lipinski definition) is 6. The first kappa shape index (κ1) is 28.3. The van der Waals surface area contributed by atoms with Crippen LogP contribution in [-0.2, 0) is 19.1 Å². The van der Waals surface area contributed by atoms with Gasteiger partial charge < -0.3 is 30.4 Å². The highest BCUT2D eigenvalue weighted by Crippen LogP contribution is 2.29. The first-order valence-electron chi connectivity index (χ1n) is 12.2. The van der Waals surface area contributed by atoms with Gasteiger partial charge in [-0.05, 0) is 43.2 Å². The minimum Gasteiger partial charge on any atom is -0.497 e. The van der Waals surface area contributed by atoms with E-state index < -0.39 is 35.8 Å². The van der Waals surface area contributed by atoms with E-state index in [2.05, 4.69) is 20.9 Å². The predicted molar refractivity (Wildman–Crippen MR) is 139 cm³/mol. The van der Waals surface area contributed by atoms with Gasteiger partial charge in [-0.1, -0.05) is 32.4 Å². The number of carbonyl (C=O) groups is 4. The lowest BCUT2D eigenvalue weighted by Gasteiger charge is -2.29. The lowest BCUT2D eigenvalue weighted by Crippen LogP contribution is -2.54. The number of ether oxygens (including phenoxy) is 2. The van der Waals surface area contributed by atoms with Gasteiger partial charge >= 0.3 is 5.97 Å². The van der Waals surface area contributed by atoms with Gasteiger partial charge in [-0.25, -0.2) is 4.79 Å². The molecule has 2 unspecified atom stereocenters. The van der Waals surface area contributed by atoms with Gasteiger partial charge in [-0.2, -0.15) is 0 Å². The second kappa shape index (κ2) is 11.9. The second-order valence-corrected chi connectivity index (χ2v) is 10.9. The summed E-state index contributed by atoms with van der Waals surface area (Å²) >= 11 is 6.31. The number of aromatic nitrogens is 1. The third-order valence-corrected chi connectivity index (χ3v) is 6.59. The Labute approximate surface area is 221 Å². The van der Waals surface area contributed by atoms with Crippen molar-refractivity contribution in [2.45, 2.75) is 58.5 Å². The van der Waals surface area contributed by atoms with Crippen LogP contribution in [0, 0.1) is 11.3 Å². The Morgan fingerprint density at radius 1 is 1.14 bits per heavy atom. The lowest BCUT2D eigenvalue weighted by atomic mass is 9.87. The fourth-order valence-corrected chi connectivity index (χ4v) is 4.71. The number of halogens is 1. The molecule has 2 heterocycles. The summed E-state index contributed by atoms with van der Waals surface area (Å²) in [5.74, 6) is -1.70. The number of aromatic amines is 1. The van der Waals surface area contributed by atoms with Crippen LogP contribution in [0.5, 0.6) is 5.75 Å². The number of methoxy groups -OCH3 is 2. The van der Waals surface area contributed by atoms with Crippen LogP contribution in [0.4, 0.5) is 0 Å². The summed E-state index contributed by atoms with van der Waals surface area (Å²) in [5, 5.41) is 9.36. The van der Waals surface area contributed by atoms with Crippen LogP contribution in [0.15, 0.2) is 18.2 Å². The van der Waals surface area contributed by atoms with Gasteiger partial charge in [0, 0.05) is 23.9 Å². The van der Waals surface area contributed by atoms with Crippen LogP contribution >= 0.6 is 11.6 Å². The summed E-state index contributed by atoms with van der Waals surface area (Å²) < 4.78 is 10.1. The number of piperidine rings is 1. The fourth-order valence-electron chi connectivity index (χ4n) is 4.45. The average molecular weight is 535 g/mol. The molecule has 1 saturated heterocycles. The minimum atomic E-state index is -1.02. The van der Waals surface area contributed by atoms with E-state index in [-0.39, 0.29) is 23.4 Å². The highest BCUT2D eigenvalue weighted by molar-refractivity contribution is 6.35. The molecular formula is C26H35ClN4O6. The number of esters is 1. The molecule has 1 fully saturated rings. The van der Waals surface area contributed by atoms with Gasteiger partial charge in [0.2, 0.25) is 11.8 Å². The molecule has 1 aromatic heterocycles. The number of fused-ring (bicyclic) bond motifs is 1. The molecule has 4 N–H and O–H groups in total. The largest absolute Gasteiger partial charge is 0.497 e. The summed E-state index contributed by atoms with van der Waals surface area (Å²) in [6, 6.07) is 3.04. The lowest BCUT2D eigenvalue weighted by molar-refractivity contribution is -0.146. The van der Waals surface area contributed by atoms with Gasteiger partial charge in [0.1, 0.15) is 23.5 Å². The van der Waals surface area contributed by atoms with Crippen molar-refractivity contribution in [3.05, 3.63) is 28.9 Å². The first-order valence-corrected chi connectivity index (χ1v) is 12.6. The number of rotatable bonds is 9.